The molecule has 0 spiro atoms. The summed E-state index contributed by atoms with van der Waals surface area (Å²) in [6, 6.07) is 0. The maximum Gasteiger partial charge on any atom is 0.331 e. The van der Waals surface area contributed by atoms with Crippen molar-refractivity contribution in [1.82, 2.24) is 0 Å². The predicted molar refractivity (Wildman–Crippen MR) is 103 cm³/mol. The van der Waals surface area contributed by atoms with Crippen LogP contribution in [0.15, 0.2) is 23.3 Å². The zero-order chi connectivity index (χ0) is 19.9. The van der Waals surface area contributed by atoms with E-state index < -0.39 is 17.1 Å². The number of rotatable bonds is 1. The van der Waals surface area contributed by atoms with E-state index in [0.29, 0.717) is 19.4 Å². The van der Waals surface area contributed by atoms with Crippen molar-refractivity contribution in [2.75, 3.05) is 6.61 Å². The molecule has 0 amide bonds. The van der Waals surface area contributed by atoms with Gasteiger partial charge in [0.05, 0.1) is 17.8 Å². The molecule has 1 aliphatic heterocycles. The van der Waals surface area contributed by atoms with E-state index in [9.17, 15) is 20.1 Å². The lowest BCUT2D eigenvalue weighted by Gasteiger charge is -2.63. The highest BCUT2D eigenvalue weighted by Crippen LogP contribution is 2.69. The summed E-state index contributed by atoms with van der Waals surface area (Å²) >= 11 is 0. The van der Waals surface area contributed by atoms with E-state index in [1.54, 1.807) is 6.08 Å². The molecule has 3 N–H and O–H groups in total. The van der Waals surface area contributed by atoms with Gasteiger partial charge in [-0.1, -0.05) is 25.5 Å². The van der Waals surface area contributed by atoms with Gasteiger partial charge in [0.25, 0.3) is 0 Å². The van der Waals surface area contributed by atoms with E-state index >= 15 is 0 Å². The Hall–Kier alpha value is -1.17. The lowest BCUT2D eigenvalue weighted by molar-refractivity contribution is -0.217. The third-order valence-corrected chi connectivity index (χ3v) is 9.35. The van der Waals surface area contributed by atoms with Gasteiger partial charge in [-0.05, 0) is 73.7 Å². The average Bonchev–Trinajstić information content (AvgIpc) is 3.16. The first-order chi connectivity index (χ1) is 13.2. The van der Waals surface area contributed by atoms with Crippen LogP contribution in [0.4, 0.5) is 0 Å². The first-order valence-corrected chi connectivity index (χ1v) is 10.9. The summed E-state index contributed by atoms with van der Waals surface area (Å²) < 4.78 is 5.16. The molecule has 5 aliphatic rings. The Morgan fingerprint density at radius 3 is 2.64 bits per heavy atom. The molecule has 0 radical (unpaired) electrons. The molecule has 5 heteroatoms. The summed E-state index contributed by atoms with van der Waals surface area (Å²) in [6.07, 6.45) is 8.16. The number of hydrogen-bond acceptors (Lipinski definition) is 5. The normalized spacial score (nSPS) is 52.9. The molecule has 5 rings (SSSR count). The number of fused-ring (bicyclic) bond motifs is 5. The molecule has 28 heavy (non-hydrogen) atoms. The summed E-state index contributed by atoms with van der Waals surface area (Å²) in [5, 5.41) is 33.6. The van der Waals surface area contributed by atoms with Crippen molar-refractivity contribution >= 4 is 5.97 Å². The molecule has 0 aromatic carbocycles. The van der Waals surface area contributed by atoms with Crippen LogP contribution in [0.1, 0.15) is 58.8 Å². The lowest BCUT2D eigenvalue weighted by Crippen LogP contribution is -2.65. The van der Waals surface area contributed by atoms with Crippen LogP contribution in [0.3, 0.4) is 0 Å². The van der Waals surface area contributed by atoms with Gasteiger partial charge in [0.15, 0.2) is 0 Å². The standard InChI is InChI=1S/C23H32O5/c1-21-7-5-15(24)10-14(21)3-4-17-20(21)18(25)11-22(2)16(6-8-23(17,22)27)13-9-19(26)28-12-13/h9-10,15-18,20,24-25,27H,3-8,11-12H2,1-2H3. The van der Waals surface area contributed by atoms with Crippen LogP contribution in [0.25, 0.3) is 0 Å². The van der Waals surface area contributed by atoms with Crippen LogP contribution in [0.5, 0.6) is 0 Å². The summed E-state index contributed by atoms with van der Waals surface area (Å²) in [6.45, 7) is 4.67. The van der Waals surface area contributed by atoms with Crippen molar-refractivity contribution in [3.63, 3.8) is 0 Å². The van der Waals surface area contributed by atoms with Crippen LogP contribution in [0.2, 0.25) is 0 Å². The molecule has 0 aromatic rings. The Labute approximate surface area is 166 Å². The lowest BCUT2D eigenvalue weighted by atomic mass is 9.44. The first-order valence-electron chi connectivity index (χ1n) is 10.9. The quantitative estimate of drug-likeness (QED) is 0.475. The van der Waals surface area contributed by atoms with Crippen LogP contribution in [-0.2, 0) is 9.53 Å². The van der Waals surface area contributed by atoms with Gasteiger partial charge in [0.1, 0.15) is 6.61 Å². The summed E-state index contributed by atoms with van der Waals surface area (Å²) in [5.74, 6) is -0.143. The van der Waals surface area contributed by atoms with E-state index in [1.165, 1.54) is 5.57 Å². The fourth-order valence-electron chi connectivity index (χ4n) is 7.97. The SMILES string of the molecule is CC12CCC(O)C=C1CCC1C2C(O)CC2(C)C(C3=CC(=O)OC3)CCC12O. The molecular formula is C23H32O5. The summed E-state index contributed by atoms with van der Waals surface area (Å²) in [4.78, 5) is 11.6. The van der Waals surface area contributed by atoms with Gasteiger partial charge in [0, 0.05) is 11.5 Å². The number of carbonyl (C=O) groups is 1. The number of ether oxygens (including phenoxy) is 1. The Balaban J connectivity index is 1.54. The molecule has 4 aliphatic carbocycles. The number of hydrogen-bond donors (Lipinski definition) is 3. The second kappa shape index (κ2) is 5.93. The van der Waals surface area contributed by atoms with Crippen molar-refractivity contribution in [3.8, 4) is 0 Å². The van der Waals surface area contributed by atoms with Gasteiger partial charge < -0.3 is 20.1 Å². The van der Waals surface area contributed by atoms with Crippen molar-refractivity contribution in [2.45, 2.75) is 76.6 Å². The molecule has 5 nitrogen and oxygen atoms in total. The van der Waals surface area contributed by atoms with Crippen molar-refractivity contribution < 1.29 is 24.9 Å². The zero-order valence-electron chi connectivity index (χ0n) is 16.9. The van der Waals surface area contributed by atoms with Crippen molar-refractivity contribution in [3.05, 3.63) is 23.3 Å². The highest BCUT2D eigenvalue weighted by molar-refractivity contribution is 5.85. The Bertz CT molecular complexity index is 771. The highest BCUT2D eigenvalue weighted by Gasteiger charge is 2.69. The number of allylic oxidation sites excluding steroid dienone is 1. The Morgan fingerprint density at radius 1 is 1.14 bits per heavy atom. The fourth-order valence-corrected chi connectivity index (χ4v) is 7.97. The largest absolute Gasteiger partial charge is 0.458 e. The van der Waals surface area contributed by atoms with Gasteiger partial charge in [-0.15, -0.1) is 0 Å². The minimum absolute atomic E-state index is 0.0206. The van der Waals surface area contributed by atoms with E-state index in [4.69, 9.17) is 4.74 Å². The van der Waals surface area contributed by atoms with E-state index in [0.717, 1.165) is 37.7 Å². The number of aliphatic hydroxyl groups is 3. The third-order valence-electron chi connectivity index (χ3n) is 9.35. The number of carbonyl (C=O) groups excluding carboxylic acids is 1. The maximum atomic E-state index is 12.1. The molecule has 3 fully saturated rings. The first kappa shape index (κ1) is 18.8. The summed E-state index contributed by atoms with van der Waals surface area (Å²) in [7, 11) is 0. The van der Waals surface area contributed by atoms with Gasteiger partial charge in [-0.2, -0.15) is 0 Å². The topological polar surface area (TPSA) is 87.0 Å². The van der Waals surface area contributed by atoms with Crippen molar-refractivity contribution in [2.24, 2.45) is 28.6 Å². The van der Waals surface area contributed by atoms with Gasteiger partial charge in [-0.25, -0.2) is 4.79 Å². The third kappa shape index (κ3) is 2.27. The highest BCUT2D eigenvalue weighted by atomic mass is 16.5. The number of esters is 1. The van der Waals surface area contributed by atoms with Gasteiger partial charge in [0.2, 0.25) is 0 Å². The van der Waals surface area contributed by atoms with E-state index in [-0.39, 0.29) is 35.2 Å². The Kier molecular flexibility index (Phi) is 3.99. The molecule has 0 saturated heterocycles. The van der Waals surface area contributed by atoms with Crippen molar-refractivity contribution in [1.29, 1.82) is 0 Å². The summed E-state index contributed by atoms with van der Waals surface area (Å²) in [5.41, 5.74) is 0.823. The minimum atomic E-state index is -0.835. The van der Waals surface area contributed by atoms with Crippen LogP contribution in [0, 0.1) is 28.6 Å². The van der Waals surface area contributed by atoms with Crippen LogP contribution >= 0.6 is 0 Å². The molecule has 8 unspecified atom stereocenters. The van der Waals surface area contributed by atoms with Gasteiger partial charge in [-0.3, -0.25) is 0 Å². The number of cyclic esters (lactones) is 1. The van der Waals surface area contributed by atoms with E-state index in [1.807, 2.05) is 6.08 Å². The zero-order valence-corrected chi connectivity index (χ0v) is 16.9. The molecule has 0 aromatic heterocycles. The van der Waals surface area contributed by atoms with Crippen LogP contribution in [-0.4, -0.2) is 45.7 Å². The molecular weight excluding hydrogens is 356 g/mol. The molecule has 154 valence electrons. The van der Waals surface area contributed by atoms with Gasteiger partial charge >= 0.3 is 5.97 Å². The predicted octanol–water partition coefficient (Wildman–Crippen LogP) is 2.50. The second-order valence-electron chi connectivity index (χ2n) is 10.4. The maximum absolute atomic E-state index is 12.1. The molecule has 3 saturated carbocycles. The fraction of sp³-hybridized carbons (Fsp3) is 0.783. The smallest absolute Gasteiger partial charge is 0.331 e. The van der Waals surface area contributed by atoms with E-state index in [2.05, 4.69) is 13.8 Å². The molecule has 0 bridgehead atoms. The Morgan fingerprint density at radius 2 is 1.93 bits per heavy atom. The monoisotopic (exact) mass is 388 g/mol. The minimum Gasteiger partial charge on any atom is -0.458 e. The molecule has 8 atom stereocenters. The average molecular weight is 389 g/mol. The van der Waals surface area contributed by atoms with Crippen LogP contribution < -0.4 is 0 Å². The molecule has 1 heterocycles. The number of aliphatic hydroxyl groups excluding tert-OH is 2. The second-order valence-corrected chi connectivity index (χ2v) is 10.4.